The second-order valence-corrected chi connectivity index (χ2v) is 8.11. The number of aromatic nitrogens is 3. The summed E-state index contributed by atoms with van der Waals surface area (Å²) in [5, 5.41) is 3.13. The van der Waals surface area contributed by atoms with Crippen LogP contribution in [-0.4, -0.2) is 45.4 Å². The van der Waals surface area contributed by atoms with Gasteiger partial charge in [0.05, 0.1) is 24.1 Å². The Kier molecular flexibility index (Phi) is 4.41. The molecule has 0 saturated carbocycles. The molecule has 0 aliphatic carbocycles. The maximum Gasteiger partial charge on any atom is 0.222 e. The Morgan fingerprint density at radius 3 is 2.88 bits per heavy atom. The van der Waals surface area contributed by atoms with Crippen molar-refractivity contribution in [1.82, 2.24) is 19.9 Å². The lowest BCUT2D eigenvalue weighted by molar-refractivity contribution is -0.138. The number of piperidine rings is 2. The fourth-order valence-corrected chi connectivity index (χ4v) is 4.69. The fraction of sp³-hybridized carbons (Fsp3) is 0.556. The number of hydrogen-bond donors (Lipinski definition) is 0. The topological polar surface area (TPSA) is 62.2 Å². The molecule has 6 nitrogen and oxygen atoms in total. The molecular weight excluding hydrogens is 334 g/mol. The smallest absolute Gasteiger partial charge is 0.222 e. The third kappa shape index (κ3) is 3.51. The molecule has 2 saturated heterocycles. The van der Waals surface area contributed by atoms with E-state index in [4.69, 9.17) is 0 Å². The van der Waals surface area contributed by atoms with Gasteiger partial charge in [-0.3, -0.25) is 14.8 Å². The van der Waals surface area contributed by atoms with Crippen molar-refractivity contribution < 1.29 is 4.79 Å². The third-order valence-corrected chi connectivity index (χ3v) is 6.12. The van der Waals surface area contributed by atoms with Crippen LogP contribution in [0.4, 0.5) is 5.13 Å². The van der Waals surface area contributed by atoms with Crippen LogP contribution in [-0.2, 0) is 11.3 Å². The number of carbonyl (C=O) groups is 1. The molecule has 2 aliphatic rings. The van der Waals surface area contributed by atoms with Gasteiger partial charge in [0.1, 0.15) is 0 Å². The van der Waals surface area contributed by atoms with E-state index in [9.17, 15) is 4.79 Å². The molecule has 0 N–H and O–H groups in total. The molecule has 2 aliphatic heterocycles. The number of anilines is 1. The van der Waals surface area contributed by atoms with E-state index in [1.54, 1.807) is 23.7 Å². The summed E-state index contributed by atoms with van der Waals surface area (Å²) in [5.41, 5.74) is 1.94. The van der Waals surface area contributed by atoms with Gasteiger partial charge in [0, 0.05) is 49.2 Å². The first-order chi connectivity index (χ1) is 12.1. The van der Waals surface area contributed by atoms with Crippen LogP contribution in [0.3, 0.4) is 0 Å². The number of aryl methyl sites for hydroxylation is 1. The predicted molar refractivity (Wildman–Crippen MR) is 97.4 cm³/mol. The lowest BCUT2D eigenvalue weighted by Crippen LogP contribution is -2.53. The first-order valence-electron chi connectivity index (χ1n) is 8.83. The highest BCUT2D eigenvalue weighted by molar-refractivity contribution is 7.13. The first-order valence-corrected chi connectivity index (χ1v) is 9.71. The van der Waals surface area contributed by atoms with E-state index >= 15 is 0 Å². The molecule has 2 aromatic heterocycles. The Hall–Kier alpha value is -2.02. The highest BCUT2D eigenvalue weighted by atomic mass is 32.1. The number of rotatable bonds is 3. The molecule has 7 heteroatoms. The van der Waals surface area contributed by atoms with E-state index in [0.717, 1.165) is 49.0 Å². The second-order valence-electron chi connectivity index (χ2n) is 7.24. The standard InChI is InChI=1S/C18H23N5OS/c1-14-9-21-15(10-20-14)11-23-13-18(5-3-16(23)24)4-2-7-22(12-18)17-19-6-8-25-17/h6,8-10H,2-5,7,11-13H2,1H3/t18-/m0/s1. The van der Waals surface area contributed by atoms with Crippen molar-refractivity contribution >= 4 is 22.4 Å². The number of nitrogens with zero attached hydrogens (tertiary/aromatic N) is 5. The van der Waals surface area contributed by atoms with Crippen LogP contribution in [0.5, 0.6) is 0 Å². The van der Waals surface area contributed by atoms with Crippen LogP contribution in [0.25, 0.3) is 0 Å². The summed E-state index contributed by atoms with van der Waals surface area (Å²) in [6, 6.07) is 0. The van der Waals surface area contributed by atoms with Crippen molar-refractivity contribution in [2.45, 2.75) is 39.2 Å². The van der Waals surface area contributed by atoms with Crippen LogP contribution in [0, 0.1) is 12.3 Å². The van der Waals surface area contributed by atoms with Gasteiger partial charge in [0.15, 0.2) is 5.13 Å². The number of amides is 1. The lowest BCUT2D eigenvalue weighted by atomic mass is 9.73. The molecule has 0 aromatic carbocycles. The van der Waals surface area contributed by atoms with E-state index < -0.39 is 0 Å². The molecule has 2 aromatic rings. The van der Waals surface area contributed by atoms with E-state index in [2.05, 4.69) is 19.9 Å². The van der Waals surface area contributed by atoms with Crippen LogP contribution >= 0.6 is 11.3 Å². The van der Waals surface area contributed by atoms with Crippen LogP contribution < -0.4 is 4.90 Å². The Bertz CT molecular complexity index is 732. The van der Waals surface area contributed by atoms with E-state index in [0.29, 0.717) is 13.0 Å². The number of hydrogen-bond acceptors (Lipinski definition) is 6. The van der Waals surface area contributed by atoms with Gasteiger partial charge in [-0.2, -0.15) is 0 Å². The summed E-state index contributed by atoms with van der Waals surface area (Å²) < 4.78 is 0. The molecule has 0 radical (unpaired) electrons. The minimum absolute atomic E-state index is 0.177. The SMILES string of the molecule is Cc1cnc(CN2C[C@@]3(CCCN(c4nccs4)C3)CCC2=O)cn1. The molecule has 0 unspecified atom stereocenters. The molecule has 132 valence electrons. The predicted octanol–water partition coefficient (Wildman–Crippen LogP) is 2.65. The van der Waals surface area contributed by atoms with Gasteiger partial charge in [-0.1, -0.05) is 0 Å². The van der Waals surface area contributed by atoms with Crippen molar-refractivity contribution in [1.29, 1.82) is 0 Å². The molecule has 1 spiro atoms. The number of carbonyl (C=O) groups excluding carboxylic acids is 1. The van der Waals surface area contributed by atoms with Crippen molar-refractivity contribution in [3.05, 3.63) is 35.4 Å². The van der Waals surface area contributed by atoms with Gasteiger partial charge in [0.25, 0.3) is 0 Å². The van der Waals surface area contributed by atoms with Gasteiger partial charge < -0.3 is 9.80 Å². The fourth-order valence-electron chi connectivity index (χ4n) is 4.02. The average Bonchev–Trinajstić information content (AvgIpc) is 3.15. The first kappa shape index (κ1) is 16.4. The minimum Gasteiger partial charge on any atom is -0.347 e. The normalized spacial score (nSPS) is 24.1. The largest absolute Gasteiger partial charge is 0.347 e. The summed E-state index contributed by atoms with van der Waals surface area (Å²) in [7, 11) is 0. The van der Waals surface area contributed by atoms with E-state index in [1.807, 2.05) is 23.4 Å². The minimum atomic E-state index is 0.177. The summed E-state index contributed by atoms with van der Waals surface area (Å²) in [6.45, 7) is 5.35. The molecular formula is C18H23N5OS. The second kappa shape index (κ2) is 6.71. The average molecular weight is 357 g/mol. The van der Waals surface area contributed by atoms with E-state index in [-0.39, 0.29) is 11.3 Å². The maximum atomic E-state index is 12.5. The van der Waals surface area contributed by atoms with Crippen LogP contribution in [0.15, 0.2) is 24.0 Å². The van der Waals surface area contributed by atoms with Gasteiger partial charge >= 0.3 is 0 Å². The monoisotopic (exact) mass is 357 g/mol. The molecule has 0 bridgehead atoms. The van der Waals surface area contributed by atoms with Gasteiger partial charge in [-0.25, -0.2) is 4.98 Å². The molecule has 25 heavy (non-hydrogen) atoms. The summed E-state index contributed by atoms with van der Waals surface area (Å²) >= 11 is 1.70. The molecule has 4 rings (SSSR count). The summed E-state index contributed by atoms with van der Waals surface area (Å²) in [5.74, 6) is 0.236. The zero-order chi connectivity index (χ0) is 17.3. The Morgan fingerprint density at radius 1 is 1.20 bits per heavy atom. The molecule has 1 amide bonds. The lowest BCUT2D eigenvalue weighted by Gasteiger charge is -2.48. The van der Waals surface area contributed by atoms with Crippen LogP contribution in [0.2, 0.25) is 0 Å². The van der Waals surface area contributed by atoms with Crippen molar-refractivity contribution in [3.63, 3.8) is 0 Å². The summed E-state index contributed by atoms with van der Waals surface area (Å²) in [6.07, 6.45) is 9.37. The Morgan fingerprint density at radius 2 is 2.12 bits per heavy atom. The Balaban J connectivity index is 1.49. The van der Waals surface area contributed by atoms with Gasteiger partial charge in [0.2, 0.25) is 5.91 Å². The van der Waals surface area contributed by atoms with Crippen molar-refractivity contribution in [2.75, 3.05) is 24.5 Å². The van der Waals surface area contributed by atoms with Crippen molar-refractivity contribution in [3.8, 4) is 0 Å². The zero-order valence-corrected chi connectivity index (χ0v) is 15.3. The highest BCUT2D eigenvalue weighted by Gasteiger charge is 2.42. The summed E-state index contributed by atoms with van der Waals surface area (Å²) in [4.78, 5) is 30.0. The van der Waals surface area contributed by atoms with E-state index in [1.165, 1.54) is 6.42 Å². The zero-order valence-electron chi connectivity index (χ0n) is 14.5. The quantitative estimate of drug-likeness (QED) is 0.845. The van der Waals surface area contributed by atoms with Gasteiger partial charge in [-0.15, -0.1) is 11.3 Å². The third-order valence-electron chi connectivity index (χ3n) is 5.29. The van der Waals surface area contributed by atoms with Crippen LogP contribution in [0.1, 0.15) is 37.1 Å². The van der Waals surface area contributed by atoms with Crippen molar-refractivity contribution in [2.24, 2.45) is 5.41 Å². The molecule has 1 atom stereocenters. The molecule has 2 fully saturated rings. The Labute approximate surface area is 151 Å². The number of thiazole rings is 1. The maximum absolute atomic E-state index is 12.5. The molecule has 4 heterocycles. The van der Waals surface area contributed by atoms with Gasteiger partial charge in [-0.05, 0) is 26.2 Å². The highest BCUT2D eigenvalue weighted by Crippen LogP contribution is 2.40. The number of likely N-dealkylation sites (tertiary alicyclic amines) is 1.